The smallest absolute Gasteiger partial charge is 0.325 e. The summed E-state index contributed by atoms with van der Waals surface area (Å²) < 4.78 is 0. The second kappa shape index (κ2) is 6.59. The highest BCUT2D eigenvalue weighted by Gasteiger charge is 2.14. The number of aromatic amines is 2. The number of H-pyrrole nitrogens is 2. The first-order valence-corrected chi connectivity index (χ1v) is 7.83. The molecule has 9 heteroatoms. The van der Waals surface area contributed by atoms with E-state index in [0.29, 0.717) is 0 Å². The Labute approximate surface area is 139 Å². The van der Waals surface area contributed by atoms with Gasteiger partial charge in [-0.25, -0.2) is 9.78 Å². The van der Waals surface area contributed by atoms with Gasteiger partial charge in [0.05, 0.1) is 12.2 Å². The Hall–Kier alpha value is -3.07. The molecule has 0 aromatic carbocycles. The Morgan fingerprint density at radius 2 is 2.21 bits per heavy atom. The van der Waals surface area contributed by atoms with Crippen molar-refractivity contribution in [2.75, 3.05) is 0 Å². The number of pyridine rings is 1. The Bertz CT molecular complexity index is 990. The van der Waals surface area contributed by atoms with Crippen molar-refractivity contribution in [2.24, 2.45) is 0 Å². The summed E-state index contributed by atoms with van der Waals surface area (Å²) in [6, 6.07) is 3.74. The largest absolute Gasteiger partial charge is 0.347 e. The molecule has 3 aromatic heterocycles. The number of carbonyl (C=O) groups excluding carboxylic acids is 1. The van der Waals surface area contributed by atoms with Gasteiger partial charge < -0.3 is 10.3 Å². The fourth-order valence-electron chi connectivity index (χ4n) is 2.04. The summed E-state index contributed by atoms with van der Waals surface area (Å²) >= 11 is 1.45. The lowest BCUT2D eigenvalue weighted by molar-refractivity contribution is 0.0949. The average molecular weight is 343 g/mol. The molecule has 3 N–H and O–H groups in total. The second-order valence-corrected chi connectivity index (χ2v) is 6.02. The molecule has 3 rings (SSSR count). The lowest BCUT2D eigenvalue weighted by atomic mass is 10.3. The molecule has 122 valence electrons. The van der Waals surface area contributed by atoms with E-state index in [2.05, 4.69) is 20.3 Å². The topological polar surface area (TPSA) is 121 Å². The van der Waals surface area contributed by atoms with E-state index in [1.165, 1.54) is 11.3 Å². The maximum atomic E-state index is 12.1. The van der Waals surface area contributed by atoms with Gasteiger partial charge in [-0.1, -0.05) is 0 Å². The number of aryl methyl sites for hydroxylation is 1. The lowest BCUT2D eigenvalue weighted by Gasteiger charge is -2.03. The van der Waals surface area contributed by atoms with Gasteiger partial charge in [-0.05, 0) is 19.1 Å². The molecule has 0 fully saturated rings. The monoisotopic (exact) mass is 343 g/mol. The molecular weight excluding hydrogens is 330 g/mol. The molecule has 0 saturated carbocycles. The maximum absolute atomic E-state index is 12.1. The zero-order valence-corrected chi connectivity index (χ0v) is 13.4. The number of nitrogens with zero attached hydrogens (tertiary/aromatic N) is 2. The predicted molar refractivity (Wildman–Crippen MR) is 88.9 cm³/mol. The Morgan fingerprint density at radius 1 is 1.38 bits per heavy atom. The van der Waals surface area contributed by atoms with Crippen molar-refractivity contribution in [1.29, 1.82) is 0 Å². The summed E-state index contributed by atoms with van der Waals surface area (Å²) in [5.74, 6) is -0.566. The molecule has 3 heterocycles. The van der Waals surface area contributed by atoms with Crippen LogP contribution in [-0.2, 0) is 6.54 Å². The third-order valence-corrected chi connectivity index (χ3v) is 4.48. The van der Waals surface area contributed by atoms with Crippen LogP contribution in [0, 0.1) is 6.92 Å². The zero-order valence-electron chi connectivity index (χ0n) is 12.6. The highest BCUT2D eigenvalue weighted by atomic mass is 32.1. The first kappa shape index (κ1) is 15.8. The van der Waals surface area contributed by atoms with Crippen molar-refractivity contribution >= 4 is 17.2 Å². The highest BCUT2D eigenvalue weighted by molar-refractivity contribution is 7.15. The second-order valence-electron chi connectivity index (χ2n) is 4.94. The van der Waals surface area contributed by atoms with Crippen LogP contribution < -0.4 is 16.6 Å². The maximum Gasteiger partial charge on any atom is 0.325 e. The van der Waals surface area contributed by atoms with Gasteiger partial charge in [0.1, 0.15) is 10.6 Å². The summed E-state index contributed by atoms with van der Waals surface area (Å²) in [4.78, 5) is 48.3. The number of nitrogens with one attached hydrogen (secondary N) is 3. The van der Waals surface area contributed by atoms with Crippen molar-refractivity contribution in [3.05, 3.63) is 67.7 Å². The summed E-state index contributed by atoms with van der Waals surface area (Å²) in [6.45, 7) is 2.09. The quantitative estimate of drug-likeness (QED) is 0.648. The van der Waals surface area contributed by atoms with E-state index < -0.39 is 17.2 Å². The van der Waals surface area contributed by atoms with Gasteiger partial charge in [-0.15, -0.1) is 11.3 Å². The molecule has 0 bridgehead atoms. The minimum absolute atomic E-state index is 0.149. The molecule has 3 aromatic rings. The molecule has 0 unspecified atom stereocenters. The molecule has 1 amide bonds. The molecule has 8 nitrogen and oxygen atoms in total. The summed E-state index contributed by atoms with van der Waals surface area (Å²) in [6.07, 6.45) is 4.50. The van der Waals surface area contributed by atoms with Gasteiger partial charge in [0.25, 0.3) is 11.5 Å². The van der Waals surface area contributed by atoms with E-state index in [-0.39, 0.29) is 12.1 Å². The number of carbonyl (C=O) groups is 1. The standard InChI is InChI=1S/C15H13N5O3S/c1-8-11(24-14(19-8)9-3-2-4-16-5-9)7-17-12(21)10-6-18-15(23)20-13(10)22/h2-6H,7H2,1H3,(H,17,21)(H2,18,20,22,23). The van der Waals surface area contributed by atoms with Crippen LogP contribution in [0.4, 0.5) is 0 Å². The molecule has 0 radical (unpaired) electrons. The van der Waals surface area contributed by atoms with Crippen LogP contribution in [0.3, 0.4) is 0 Å². The Morgan fingerprint density at radius 3 is 2.92 bits per heavy atom. The third kappa shape index (κ3) is 3.30. The van der Waals surface area contributed by atoms with Crippen LogP contribution in [0.25, 0.3) is 10.6 Å². The Kier molecular flexibility index (Phi) is 4.34. The summed E-state index contributed by atoms with van der Waals surface area (Å²) in [7, 11) is 0. The highest BCUT2D eigenvalue weighted by Crippen LogP contribution is 2.27. The molecule has 0 aliphatic carbocycles. The van der Waals surface area contributed by atoms with Crippen molar-refractivity contribution in [2.45, 2.75) is 13.5 Å². The number of aromatic nitrogens is 4. The van der Waals surface area contributed by atoms with Crippen molar-refractivity contribution < 1.29 is 4.79 Å². The number of rotatable bonds is 4. The van der Waals surface area contributed by atoms with Crippen LogP contribution in [0.15, 0.2) is 40.3 Å². The van der Waals surface area contributed by atoms with Gasteiger partial charge in [0, 0.05) is 29.0 Å². The number of hydrogen-bond donors (Lipinski definition) is 3. The van der Waals surface area contributed by atoms with Gasteiger partial charge in [-0.2, -0.15) is 0 Å². The van der Waals surface area contributed by atoms with E-state index in [4.69, 9.17) is 0 Å². The van der Waals surface area contributed by atoms with Crippen LogP contribution >= 0.6 is 11.3 Å². The van der Waals surface area contributed by atoms with E-state index >= 15 is 0 Å². The summed E-state index contributed by atoms with van der Waals surface area (Å²) in [5.41, 5.74) is 0.170. The van der Waals surface area contributed by atoms with Gasteiger partial charge >= 0.3 is 5.69 Å². The normalized spacial score (nSPS) is 10.5. The van der Waals surface area contributed by atoms with Crippen molar-refractivity contribution in [1.82, 2.24) is 25.3 Å². The predicted octanol–water partition coefficient (Wildman–Crippen LogP) is 0.820. The van der Waals surface area contributed by atoms with Crippen LogP contribution in [0.5, 0.6) is 0 Å². The average Bonchev–Trinajstić information content (AvgIpc) is 2.94. The molecule has 0 aliphatic rings. The zero-order chi connectivity index (χ0) is 17.1. The first-order chi connectivity index (χ1) is 11.5. The van der Waals surface area contributed by atoms with E-state index in [0.717, 1.165) is 27.3 Å². The minimum atomic E-state index is -0.728. The molecule has 24 heavy (non-hydrogen) atoms. The third-order valence-electron chi connectivity index (χ3n) is 3.27. The SMILES string of the molecule is Cc1nc(-c2cccnc2)sc1CNC(=O)c1c[nH]c(=O)[nH]c1=O. The van der Waals surface area contributed by atoms with Crippen molar-refractivity contribution in [3.8, 4) is 10.6 Å². The van der Waals surface area contributed by atoms with Gasteiger partial charge in [0.2, 0.25) is 0 Å². The summed E-state index contributed by atoms with van der Waals surface area (Å²) in [5, 5.41) is 3.47. The lowest BCUT2D eigenvalue weighted by Crippen LogP contribution is -2.33. The number of hydrogen-bond acceptors (Lipinski definition) is 6. The van der Waals surface area contributed by atoms with Crippen LogP contribution in [0.2, 0.25) is 0 Å². The molecular formula is C15H13N5O3S. The van der Waals surface area contributed by atoms with Gasteiger partial charge in [0.15, 0.2) is 0 Å². The molecule has 0 atom stereocenters. The fourth-order valence-corrected chi connectivity index (χ4v) is 3.03. The first-order valence-electron chi connectivity index (χ1n) is 7.01. The van der Waals surface area contributed by atoms with E-state index in [1.807, 2.05) is 24.0 Å². The number of thiazole rings is 1. The number of amides is 1. The van der Waals surface area contributed by atoms with Crippen LogP contribution in [-0.4, -0.2) is 25.8 Å². The molecule has 0 aliphatic heterocycles. The van der Waals surface area contributed by atoms with E-state index in [9.17, 15) is 14.4 Å². The molecule has 0 saturated heterocycles. The minimum Gasteiger partial charge on any atom is -0.347 e. The van der Waals surface area contributed by atoms with Gasteiger partial charge in [-0.3, -0.25) is 19.6 Å². The Balaban J connectivity index is 1.75. The van der Waals surface area contributed by atoms with E-state index in [1.54, 1.807) is 12.4 Å². The molecule has 0 spiro atoms. The van der Waals surface area contributed by atoms with Crippen LogP contribution in [0.1, 0.15) is 20.9 Å². The van der Waals surface area contributed by atoms with Crippen molar-refractivity contribution in [3.63, 3.8) is 0 Å². The fraction of sp³-hybridized carbons (Fsp3) is 0.133.